The molecule has 0 aliphatic carbocycles. The van der Waals surface area contributed by atoms with E-state index in [1.54, 1.807) is 0 Å². The molecule has 14 heavy (non-hydrogen) atoms. The summed E-state index contributed by atoms with van der Waals surface area (Å²) >= 11 is 0. The van der Waals surface area contributed by atoms with Crippen molar-refractivity contribution in [3.8, 4) is 0 Å². The number of aliphatic hydroxyl groups is 1. The Hall–Kier alpha value is -0.780. The molecule has 1 N–H and O–H groups in total. The predicted octanol–water partition coefficient (Wildman–Crippen LogP) is 2.54. The first-order valence-electron chi connectivity index (χ1n) is 3.82. The molecule has 0 aromatic carbocycles. The fourth-order valence-electron chi connectivity index (χ4n) is 0.832. The van der Waals surface area contributed by atoms with Gasteiger partial charge in [0.25, 0.3) is 6.01 Å². The van der Waals surface area contributed by atoms with E-state index in [2.05, 4.69) is 11.3 Å². The van der Waals surface area contributed by atoms with Gasteiger partial charge in [-0.25, -0.2) is 0 Å². The van der Waals surface area contributed by atoms with Crippen LogP contribution in [-0.2, 0) is 4.74 Å². The van der Waals surface area contributed by atoms with E-state index in [1.807, 2.05) is 0 Å². The van der Waals surface area contributed by atoms with Gasteiger partial charge in [0.15, 0.2) is 6.10 Å². The molecule has 0 rings (SSSR count). The lowest BCUT2D eigenvalue weighted by atomic mass is 10.0. The summed E-state index contributed by atoms with van der Waals surface area (Å²) < 4.78 is 52.4. The summed E-state index contributed by atoms with van der Waals surface area (Å²) in [6.45, 7) is 4.92. The smallest absolute Gasteiger partial charge is 0.425 e. The molecule has 0 spiro atoms. The van der Waals surface area contributed by atoms with E-state index in [4.69, 9.17) is 5.11 Å². The minimum absolute atomic E-state index is 0.751. The fraction of sp³-hybridized carbons (Fsp3) is 0.750. The van der Waals surface area contributed by atoms with Crippen molar-refractivity contribution in [1.82, 2.24) is 0 Å². The number of hydrogen-bond acceptors (Lipinski definition) is 2. The lowest BCUT2D eigenvalue weighted by Gasteiger charge is -2.26. The Morgan fingerprint density at radius 2 is 1.86 bits per heavy atom. The Bertz CT molecular complexity index is 204. The lowest BCUT2D eigenvalue weighted by molar-refractivity contribution is -0.226. The Balaban J connectivity index is 4.50. The molecular weight excluding hydrogens is 204 g/mol. The number of halogens is 4. The third-order valence-electron chi connectivity index (χ3n) is 1.32. The van der Waals surface area contributed by atoms with Crippen molar-refractivity contribution in [3.63, 3.8) is 0 Å². The number of alkyl halides is 3. The van der Waals surface area contributed by atoms with Gasteiger partial charge in [0.1, 0.15) is 0 Å². The highest BCUT2D eigenvalue weighted by atomic mass is 19.4. The standard InChI is InChI=1S/C8H12F4O2/c1-5(9)14-6(8(10,11)12)4-7(2,3)13/h6,13H,1,4H2,2-3H3. The molecule has 0 heterocycles. The van der Waals surface area contributed by atoms with Crippen LogP contribution in [0.3, 0.4) is 0 Å². The van der Waals surface area contributed by atoms with Gasteiger partial charge in [-0.15, -0.1) is 0 Å². The van der Waals surface area contributed by atoms with Crippen molar-refractivity contribution in [1.29, 1.82) is 0 Å². The van der Waals surface area contributed by atoms with Crippen molar-refractivity contribution in [2.45, 2.75) is 38.1 Å². The Kier molecular flexibility index (Phi) is 3.93. The van der Waals surface area contributed by atoms with Crippen LogP contribution in [0, 0.1) is 0 Å². The lowest BCUT2D eigenvalue weighted by Crippen LogP contribution is -2.38. The maximum absolute atomic E-state index is 12.2. The van der Waals surface area contributed by atoms with Crippen LogP contribution in [0.5, 0.6) is 0 Å². The fourth-order valence-corrected chi connectivity index (χ4v) is 0.832. The Morgan fingerprint density at radius 1 is 1.43 bits per heavy atom. The number of ether oxygens (including phenoxy) is 1. The summed E-state index contributed by atoms with van der Waals surface area (Å²) in [5, 5.41) is 9.13. The summed E-state index contributed by atoms with van der Waals surface area (Å²) in [4.78, 5) is 0. The van der Waals surface area contributed by atoms with Crippen molar-refractivity contribution in [2.24, 2.45) is 0 Å². The van der Waals surface area contributed by atoms with Gasteiger partial charge in [-0.3, -0.25) is 0 Å². The molecule has 1 unspecified atom stereocenters. The molecule has 0 saturated carbocycles. The molecule has 84 valence electrons. The van der Waals surface area contributed by atoms with E-state index < -0.39 is 30.3 Å². The van der Waals surface area contributed by atoms with Gasteiger partial charge in [-0.2, -0.15) is 17.6 Å². The van der Waals surface area contributed by atoms with E-state index in [9.17, 15) is 17.6 Å². The van der Waals surface area contributed by atoms with Crippen LogP contribution in [0.15, 0.2) is 12.6 Å². The first kappa shape index (κ1) is 13.2. The average Bonchev–Trinajstić information content (AvgIpc) is 1.78. The summed E-state index contributed by atoms with van der Waals surface area (Å²) in [5.41, 5.74) is -1.59. The molecule has 0 aliphatic heterocycles. The summed E-state index contributed by atoms with van der Waals surface area (Å²) in [7, 11) is 0. The topological polar surface area (TPSA) is 29.5 Å². The van der Waals surface area contributed by atoms with E-state index >= 15 is 0 Å². The zero-order chi connectivity index (χ0) is 11.6. The summed E-state index contributed by atoms with van der Waals surface area (Å²) in [5.74, 6) is 0. The van der Waals surface area contributed by atoms with Gasteiger partial charge in [-0.05, 0) is 20.4 Å². The highest BCUT2D eigenvalue weighted by Gasteiger charge is 2.44. The van der Waals surface area contributed by atoms with Crippen LogP contribution in [0.1, 0.15) is 20.3 Å². The molecule has 2 nitrogen and oxygen atoms in total. The second-order valence-electron chi connectivity index (χ2n) is 3.52. The predicted molar refractivity (Wildman–Crippen MR) is 42.1 cm³/mol. The molecule has 0 fully saturated rings. The van der Waals surface area contributed by atoms with Gasteiger partial charge in [0.2, 0.25) is 0 Å². The van der Waals surface area contributed by atoms with E-state index in [1.165, 1.54) is 13.8 Å². The van der Waals surface area contributed by atoms with Gasteiger partial charge in [-0.1, -0.05) is 0 Å². The Morgan fingerprint density at radius 3 is 2.07 bits per heavy atom. The van der Waals surface area contributed by atoms with Crippen molar-refractivity contribution in [2.75, 3.05) is 0 Å². The average molecular weight is 216 g/mol. The van der Waals surface area contributed by atoms with Crippen LogP contribution in [-0.4, -0.2) is 23.0 Å². The maximum Gasteiger partial charge on any atom is 0.425 e. The molecule has 0 aliphatic rings. The molecule has 0 amide bonds. The number of rotatable bonds is 4. The van der Waals surface area contributed by atoms with Crippen molar-refractivity contribution < 1.29 is 27.4 Å². The van der Waals surface area contributed by atoms with Gasteiger partial charge in [0.05, 0.1) is 5.60 Å². The van der Waals surface area contributed by atoms with Gasteiger partial charge in [0, 0.05) is 6.42 Å². The minimum atomic E-state index is -4.73. The maximum atomic E-state index is 12.2. The van der Waals surface area contributed by atoms with E-state index in [0.29, 0.717) is 0 Å². The molecule has 0 aromatic heterocycles. The first-order chi connectivity index (χ1) is 6.02. The summed E-state index contributed by atoms with van der Waals surface area (Å²) in [6.07, 6.45) is -7.85. The summed E-state index contributed by atoms with van der Waals surface area (Å²) in [6, 6.07) is -1.52. The first-order valence-corrected chi connectivity index (χ1v) is 3.82. The molecule has 6 heteroatoms. The van der Waals surface area contributed by atoms with E-state index in [0.717, 1.165) is 0 Å². The van der Waals surface area contributed by atoms with Crippen LogP contribution in [0.25, 0.3) is 0 Å². The third-order valence-corrected chi connectivity index (χ3v) is 1.32. The molecule has 0 bridgehead atoms. The molecule has 0 radical (unpaired) electrons. The zero-order valence-electron chi connectivity index (χ0n) is 7.86. The van der Waals surface area contributed by atoms with Crippen LogP contribution < -0.4 is 0 Å². The third kappa shape index (κ3) is 5.80. The SMILES string of the molecule is C=C(F)OC(CC(C)(C)O)C(F)(F)F. The highest BCUT2D eigenvalue weighted by Crippen LogP contribution is 2.30. The van der Waals surface area contributed by atoms with E-state index in [-0.39, 0.29) is 0 Å². The zero-order valence-corrected chi connectivity index (χ0v) is 7.86. The van der Waals surface area contributed by atoms with Crippen molar-refractivity contribution >= 4 is 0 Å². The normalized spacial score (nSPS) is 15.1. The molecular formula is C8H12F4O2. The molecule has 1 atom stereocenters. The molecule has 0 saturated heterocycles. The van der Waals surface area contributed by atoms with Gasteiger partial charge >= 0.3 is 6.18 Å². The second-order valence-corrected chi connectivity index (χ2v) is 3.52. The Labute approximate surface area is 79.2 Å². The monoisotopic (exact) mass is 216 g/mol. The largest absolute Gasteiger partial charge is 0.458 e. The highest BCUT2D eigenvalue weighted by molar-refractivity contribution is 4.81. The second kappa shape index (κ2) is 4.16. The van der Waals surface area contributed by atoms with Gasteiger partial charge < -0.3 is 9.84 Å². The molecule has 0 aromatic rings. The number of hydrogen-bond donors (Lipinski definition) is 1. The quantitative estimate of drug-likeness (QED) is 0.578. The van der Waals surface area contributed by atoms with Crippen molar-refractivity contribution in [3.05, 3.63) is 12.6 Å². The van der Waals surface area contributed by atoms with Crippen LogP contribution in [0.4, 0.5) is 17.6 Å². The van der Waals surface area contributed by atoms with Crippen LogP contribution in [0.2, 0.25) is 0 Å². The van der Waals surface area contributed by atoms with Crippen LogP contribution >= 0.6 is 0 Å². The minimum Gasteiger partial charge on any atom is -0.458 e.